The lowest BCUT2D eigenvalue weighted by Crippen LogP contribution is -2.26. The second-order valence-corrected chi connectivity index (χ2v) is 8.00. The molecule has 0 spiro atoms. The van der Waals surface area contributed by atoms with Crippen LogP contribution in [0.15, 0.2) is 30.3 Å². The molecule has 0 bridgehead atoms. The minimum absolute atomic E-state index is 0.471. The summed E-state index contributed by atoms with van der Waals surface area (Å²) in [6.45, 7) is 15.4. The van der Waals surface area contributed by atoms with Crippen molar-refractivity contribution >= 4 is 0 Å². The Hall–Kier alpha value is -0.820. The van der Waals surface area contributed by atoms with Gasteiger partial charge in [-0.1, -0.05) is 71.9 Å². The zero-order valence-corrected chi connectivity index (χ0v) is 14.0. The van der Waals surface area contributed by atoms with Crippen LogP contribution in [0.25, 0.3) is 0 Å². The van der Waals surface area contributed by atoms with Crippen molar-refractivity contribution in [3.8, 4) is 0 Å². The van der Waals surface area contributed by atoms with Crippen LogP contribution in [0.4, 0.5) is 0 Å². The van der Waals surface area contributed by atoms with Gasteiger partial charge in [0, 0.05) is 6.04 Å². The highest BCUT2D eigenvalue weighted by Gasteiger charge is 2.63. The Kier molecular flexibility index (Phi) is 4.30. The van der Waals surface area contributed by atoms with Crippen LogP contribution < -0.4 is 5.32 Å². The summed E-state index contributed by atoms with van der Waals surface area (Å²) < 4.78 is 0. The molecule has 1 saturated carbocycles. The Morgan fingerprint density at radius 3 is 2.00 bits per heavy atom. The van der Waals surface area contributed by atoms with Gasteiger partial charge in [0.05, 0.1) is 0 Å². The summed E-state index contributed by atoms with van der Waals surface area (Å²) in [5.41, 5.74) is 2.37. The van der Waals surface area contributed by atoms with Crippen molar-refractivity contribution in [2.45, 2.75) is 54.0 Å². The summed E-state index contributed by atoms with van der Waals surface area (Å²) in [6.07, 6.45) is 1.21. The second-order valence-electron chi connectivity index (χ2n) is 8.00. The van der Waals surface area contributed by atoms with E-state index in [0.717, 1.165) is 12.5 Å². The van der Waals surface area contributed by atoms with Crippen molar-refractivity contribution in [2.24, 2.45) is 22.7 Å². The fraction of sp³-hybridized carbons (Fsp3) is 0.684. The van der Waals surface area contributed by atoms with E-state index in [1.165, 1.54) is 12.0 Å². The molecule has 1 fully saturated rings. The zero-order chi connectivity index (χ0) is 15.0. The standard InChI is InChI=1S/C19H31N/c1-14(2)12-16(15-10-8-7-9-11-15)20-13-17-18(3,4)19(17,5)6/h7-11,14,16-17,20H,12-13H2,1-6H3. The van der Waals surface area contributed by atoms with Crippen molar-refractivity contribution in [2.75, 3.05) is 6.54 Å². The smallest absolute Gasteiger partial charge is 0.0322 e. The lowest BCUT2D eigenvalue weighted by atomic mass is 9.96. The lowest BCUT2D eigenvalue weighted by molar-refractivity contribution is 0.404. The quantitative estimate of drug-likeness (QED) is 0.765. The highest BCUT2D eigenvalue weighted by Crippen LogP contribution is 2.68. The maximum Gasteiger partial charge on any atom is 0.0322 e. The molecule has 20 heavy (non-hydrogen) atoms. The first-order valence-corrected chi connectivity index (χ1v) is 8.05. The van der Waals surface area contributed by atoms with Gasteiger partial charge in [-0.3, -0.25) is 0 Å². The second kappa shape index (κ2) is 5.52. The molecule has 0 aliphatic heterocycles. The van der Waals surface area contributed by atoms with E-state index in [1.807, 2.05) is 0 Å². The molecule has 1 unspecified atom stereocenters. The van der Waals surface area contributed by atoms with E-state index >= 15 is 0 Å². The molecule has 0 aromatic heterocycles. The van der Waals surface area contributed by atoms with E-state index < -0.39 is 0 Å². The topological polar surface area (TPSA) is 12.0 Å². The normalized spacial score (nSPS) is 21.9. The van der Waals surface area contributed by atoms with Crippen LogP contribution in [0.5, 0.6) is 0 Å². The van der Waals surface area contributed by atoms with E-state index in [9.17, 15) is 0 Å². The van der Waals surface area contributed by atoms with Crippen molar-refractivity contribution in [3.05, 3.63) is 35.9 Å². The third-order valence-electron chi connectivity index (χ3n) is 5.80. The Balaban J connectivity index is 2.00. The van der Waals surface area contributed by atoms with Gasteiger partial charge in [0.2, 0.25) is 0 Å². The maximum absolute atomic E-state index is 3.84. The lowest BCUT2D eigenvalue weighted by Gasteiger charge is -2.22. The molecule has 0 radical (unpaired) electrons. The Bertz CT molecular complexity index is 416. The number of hydrogen-bond donors (Lipinski definition) is 1. The van der Waals surface area contributed by atoms with Crippen LogP contribution in [-0.4, -0.2) is 6.54 Å². The van der Waals surface area contributed by atoms with Gasteiger partial charge in [-0.2, -0.15) is 0 Å². The first kappa shape index (κ1) is 15.6. The SMILES string of the molecule is CC(C)CC(NCC1C(C)(C)C1(C)C)c1ccccc1. The van der Waals surface area contributed by atoms with E-state index in [0.29, 0.717) is 22.8 Å². The molecule has 0 heterocycles. The van der Waals surface area contributed by atoms with Crippen LogP contribution in [-0.2, 0) is 0 Å². The molecule has 1 aliphatic carbocycles. The third-order valence-corrected chi connectivity index (χ3v) is 5.80. The fourth-order valence-corrected chi connectivity index (χ4v) is 3.60. The molecule has 1 nitrogen and oxygen atoms in total. The Morgan fingerprint density at radius 2 is 1.55 bits per heavy atom. The average Bonchev–Trinajstić information content (AvgIpc) is 2.76. The minimum atomic E-state index is 0.471. The first-order valence-electron chi connectivity index (χ1n) is 8.05. The predicted octanol–water partition coefficient (Wildman–Crippen LogP) is 5.05. The Labute approximate surface area is 125 Å². The number of nitrogens with one attached hydrogen (secondary N) is 1. The van der Waals surface area contributed by atoms with Crippen LogP contribution in [0.1, 0.15) is 59.6 Å². The maximum atomic E-state index is 3.84. The summed E-state index contributed by atoms with van der Waals surface area (Å²) in [5, 5.41) is 3.84. The molecule has 2 rings (SSSR count). The van der Waals surface area contributed by atoms with Crippen molar-refractivity contribution in [3.63, 3.8) is 0 Å². The molecule has 112 valence electrons. The van der Waals surface area contributed by atoms with Gasteiger partial charge in [-0.15, -0.1) is 0 Å². The highest BCUT2D eigenvalue weighted by atomic mass is 14.9. The average molecular weight is 273 g/mol. The summed E-state index contributed by atoms with van der Waals surface area (Å²) in [6, 6.07) is 11.4. The van der Waals surface area contributed by atoms with Crippen molar-refractivity contribution in [1.29, 1.82) is 0 Å². The van der Waals surface area contributed by atoms with Crippen molar-refractivity contribution < 1.29 is 0 Å². The predicted molar refractivity (Wildman–Crippen MR) is 87.7 cm³/mol. The van der Waals surface area contributed by atoms with Crippen LogP contribution >= 0.6 is 0 Å². The van der Waals surface area contributed by atoms with Gasteiger partial charge < -0.3 is 5.32 Å². The molecule has 0 saturated heterocycles. The first-order chi connectivity index (χ1) is 9.26. The molecule has 1 atom stereocenters. The number of rotatable bonds is 6. The third kappa shape index (κ3) is 2.93. The van der Waals surface area contributed by atoms with E-state index in [-0.39, 0.29) is 0 Å². The van der Waals surface area contributed by atoms with E-state index in [4.69, 9.17) is 0 Å². The van der Waals surface area contributed by atoms with Gasteiger partial charge in [-0.05, 0) is 41.2 Å². The van der Waals surface area contributed by atoms with Gasteiger partial charge in [0.15, 0.2) is 0 Å². The number of hydrogen-bond acceptors (Lipinski definition) is 1. The monoisotopic (exact) mass is 273 g/mol. The fourth-order valence-electron chi connectivity index (χ4n) is 3.60. The molecule has 1 heteroatoms. The molecular weight excluding hydrogens is 242 g/mol. The largest absolute Gasteiger partial charge is 0.310 e. The van der Waals surface area contributed by atoms with Gasteiger partial charge >= 0.3 is 0 Å². The van der Waals surface area contributed by atoms with Crippen LogP contribution in [0.3, 0.4) is 0 Å². The summed E-state index contributed by atoms with van der Waals surface area (Å²) in [4.78, 5) is 0. The summed E-state index contributed by atoms with van der Waals surface area (Å²) >= 11 is 0. The minimum Gasteiger partial charge on any atom is -0.310 e. The Morgan fingerprint density at radius 1 is 1.00 bits per heavy atom. The zero-order valence-electron chi connectivity index (χ0n) is 14.0. The summed E-state index contributed by atoms with van der Waals surface area (Å²) in [7, 11) is 0. The molecule has 1 aromatic carbocycles. The molecule has 1 aromatic rings. The van der Waals surface area contributed by atoms with E-state index in [2.05, 4.69) is 77.2 Å². The molecule has 1 aliphatic rings. The van der Waals surface area contributed by atoms with Gasteiger partial charge in [0.25, 0.3) is 0 Å². The van der Waals surface area contributed by atoms with Crippen LogP contribution in [0, 0.1) is 22.7 Å². The molecule has 0 amide bonds. The molecular formula is C19H31N. The highest BCUT2D eigenvalue weighted by molar-refractivity contribution is 5.20. The van der Waals surface area contributed by atoms with E-state index in [1.54, 1.807) is 0 Å². The van der Waals surface area contributed by atoms with Gasteiger partial charge in [0.1, 0.15) is 0 Å². The molecule has 1 N–H and O–H groups in total. The van der Waals surface area contributed by atoms with Crippen molar-refractivity contribution in [1.82, 2.24) is 5.32 Å². The number of benzene rings is 1. The van der Waals surface area contributed by atoms with Gasteiger partial charge in [-0.25, -0.2) is 0 Å². The summed E-state index contributed by atoms with van der Waals surface area (Å²) in [5.74, 6) is 1.50. The van der Waals surface area contributed by atoms with Crippen LogP contribution in [0.2, 0.25) is 0 Å².